The Morgan fingerprint density at radius 3 is 2.33 bits per heavy atom. The maximum Gasteiger partial charge on any atom is 0.248 e. The van der Waals surface area contributed by atoms with E-state index in [1.54, 1.807) is 12.1 Å². The van der Waals surface area contributed by atoms with E-state index in [0.717, 1.165) is 38.3 Å². The van der Waals surface area contributed by atoms with Crippen molar-refractivity contribution in [3.05, 3.63) is 29.3 Å². The number of nitrogen functional groups attached to an aromatic ring is 1. The third-order valence-corrected chi connectivity index (χ3v) is 3.91. The summed E-state index contributed by atoms with van der Waals surface area (Å²) in [6.45, 7) is 10.9. The first kappa shape index (κ1) is 15.8. The maximum absolute atomic E-state index is 11.1. The van der Waals surface area contributed by atoms with Gasteiger partial charge < -0.3 is 16.4 Å². The Morgan fingerprint density at radius 2 is 1.81 bits per heavy atom. The molecule has 1 amide bonds. The van der Waals surface area contributed by atoms with E-state index in [4.69, 9.17) is 11.5 Å². The fourth-order valence-corrected chi connectivity index (χ4v) is 2.78. The molecule has 2 rings (SSSR count). The summed E-state index contributed by atoms with van der Waals surface area (Å²) in [4.78, 5) is 16.1. The third-order valence-electron chi connectivity index (χ3n) is 3.91. The molecule has 1 aliphatic heterocycles. The second-order valence-corrected chi connectivity index (χ2v) is 6.25. The zero-order valence-electron chi connectivity index (χ0n) is 13.0. The molecule has 1 aromatic rings. The van der Waals surface area contributed by atoms with Gasteiger partial charge in [-0.15, -0.1) is 0 Å². The number of anilines is 1. The summed E-state index contributed by atoms with van der Waals surface area (Å²) in [7, 11) is 0. The van der Waals surface area contributed by atoms with E-state index in [2.05, 4.69) is 23.6 Å². The molecule has 1 aliphatic rings. The Bertz CT molecular complexity index is 493. The minimum atomic E-state index is -0.435. The van der Waals surface area contributed by atoms with Crippen LogP contribution in [-0.2, 0) is 6.54 Å². The highest BCUT2D eigenvalue weighted by atomic mass is 16.1. The Hall–Kier alpha value is -1.59. The fraction of sp³-hybridized carbons (Fsp3) is 0.562. The molecule has 5 nitrogen and oxygen atoms in total. The number of benzene rings is 1. The number of carbonyl (C=O) groups is 1. The Morgan fingerprint density at radius 1 is 1.19 bits per heavy atom. The summed E-state index contributed by atoms with van der Waals surface area (Å²) in [6, 6.07) is 5.34. The minimum absolute atomic E-state index is 0.435. The molecule has 5 heteroatoms. The highest BCUT2D eigenvalue weighted by Gasteiger charge is 2.18. The minimum Gasteiger partial charge on any atom is -0.398 e. The molecule has 1 saturated heterocycles. The first-order valence-corrected chi connectivity index (χ1v) is 7.58. The fourth-order valence-electron chi connectivity index (χ4n) is 2.78. The van der Waals surface area contributed by atoms with Gasteiger partial charge in [0.05, 0.1) is 0 Å². The summed E-state index contributed by atoms with van der Waals surface area (Å²) >= 11 is 0. The zero-order valence-corrected chi connectivity index (χ0v) is 13.0. The van der Waals surface area contributed by atoms with Crippen LogP contribution < -0.4 is 11.5 Å². The van der Waals surface area contributed by atoms with Crippen molar-refractivity contribution in [3.8, 4) is 0 Å². The molecule has 1 aromatic carbocycles. The van der Waals surface area contributed by atoms with Crippen LogP contribution in [0.3, 0.4) is 0 Å². The lowest BCUT2D eigenvalue weighted by atomic mass is 10.1. The van der Waals surface area contributed by atoms with Crippen LogP contribution in [0.15, 0.2) is 18.2 Å². The number of nitrogens with two attached hydrogens (primary N) is 2. The number of primary amides is 1. The second-order valence-electron chi connectivity index (χ2n) is 6.25. The Labute approximate surface area is 126 Å². The average Bonchev–Trinajstić information content (AvgIpc) is 2.42. The first-order valence-electron chi connectivity index (χ1n) is 7.58. The summed E-state index contributed by atoms with van der Waals surface area (Å²) in [5, 5.41) is 0. The maximum atomic E-state index is 11.1. The van der Waals surface area contributed by atoms with Crippen LogP contribution in [0, 0.1) is 5.92 Å². The molecular weight excluding hydrogens is 264 g/mol. The zero-order chi connectivity index (χ0) is 15.4. The average molecular weight is 290 g/mol. The molecule has 1 heterocycles. The quantitative estimate of drug-likeness (QED) is 0.797. The van der Waals surface area contributed by atoms with E-state index in [-0.39, 0.29) is 0 Å². The van der Waals surface area contributed by atoms with E-state index in [1.165, 1.54) is 6.54 Å². The van der Waals surface area contributed by atoms with Gasteiger partial charge in [-0.25, -0.2) is 0 Å². The van der Waals surface area contributed by atoms with Gasteiger partial charge >= 0.3 is 0 Å². The Kier molecular flexibility index (Phi) is 5.20. The van der Waals surface area contributed by atoms with Crippen molar-refractivity contribution in [1.82, 2.24) is 9.80 Å². The number of amides is 1. The summed E-state index contributed by atoms with van der Waals surface area (Å²) < 4.78 is 0. The van der Waals surface area contributed by atoms with E-state index >= 15 is 0 Å². The molecule has 21 heavy (non-hydrogen) atoms. The van der Waals surface area contributed by atoms with Crippen LogP contribution in [-0.4, -0.2) is 48.4 Å². The number of rotatable bonds is 5. The molecule has 0 saturated carbocycles. The standard InChI is InChI=1S/C16H26N4O/c1-12(2)10-19-5-7-20(8-6-19)11-14-4-3-13(16(18)21)9-15(14)17/h3-4,9,12H,5-8,10-11,17H2,1-2H3,(H2,18,21). The van der Waals surface area contributed by atoms with Crippen LogP contribution >= 0.6 is 0 Å². The highest BCUT2D eigenvalue weighted by molar-refractivity contribution is 5.93. The molecule has 116 valence electrons. The lowest BCUT2D eigenvalue weighted by Gasteiger charge is -2.35. The van der Waals surface area contributed by atoms with Crippen LogP contribution in [0.25, 0.3) is 0 Å². The monoisotopic (exact) mass is 290 g/mol. The van der Waals surface area contributed by atoms with Crippen molar-refractivity contribution in [2.75, 3.05) is 38.5 Å². The molecular formula is C16H26N4O. The van der Waals surface area contributed by atoms with Crippen molar-refractivity contribution in [2.45, 2.75) is 20.4 Å². The van der Waals surface area contributed by atoms with Crippen LogP contribution in [0.2, 0.25) is 0 Å². The van der Waals surface area contributed by atoms with Gasteiger partial charge in [-0.1, -0.05) is 19.9 Å². The van der Waals surface area contributed by atoms with Gasteiger partial charge in [-0.3, -0.25) is 9.69 Å². The van der Waals surface area contributed by atoms with E-state index in [1.807, 2.05) is 6.07 Å². The lowest BCUT2D eigenvalue weighted by molar-refractivity contribution is 0.1000. The molecule has 0 unspecified atom stereocenters. The predicted molar refractivity (Wildman–Crippen MR) is 85.9 cm³/mol. The van der Waals surface area contributed by atoms with Crippen molar-refractivity contribution in [2.24, 2.45) is 11.7 Å². The van der Waals surface area contributed by atoms with Crippen molar-refractivity contribution >= 4 is 11.6 Å². The molecule has 0 aromatic heterocycles. The van der Waals surface area contributed by atoms with Crippen molar-refractivity contribution in [1.29, 1.82) is 0 Å². The summed E-state index contributed by atoms with van der Waals surface area (Å²) in [5.74, 6) is 0.282. The molecule has 1 fully saturated rings. The lowest BCUT2D eigenvalue weighted by Crippen LogP contribution is -2.46. The Balaban J connectivity index is 1.90. The van der Waals surface area contributed by atoms with Crippen LogP contribution in [0.4, 0.5) is 5.69 Å². The molecule has 0 spiro atoms. The third kappa shape index (κ3) is 4.44. The number of hydrogen-bond donors (Lipinski definition) is 2. The van der Waals surface area contributed by atoms with Gasteiger partial charge in [0, 0.05) is 50.5 Å². The van der Waals surface area contributed by atoms with Gasteiger partial charge in [0.1, 0.15) is 0 Å². The second kappa shape index (κ2) is 6.91. The van der Waals surface area contributed by atoms with Gasteiger partial charge in [-0.05, 0) is 23.6 Å². The molecule has 0 atom stereocenters. The highest BCUT2D eigenvalue weighted by Crippen LogP contribution is 2.17. The largest absolute Gasteiger partial charge is 0.398 e. The van der Waals surface area contributed by atoms with Crippen LogP contribution in [0.5, 0.6) is 0 Å². The number of piperazine rings is 1. The van der Waals surface area contributed by atoms with Gasteiger partial charge in [0.2, 0.25) is 5.91 Å². The summed E-state index contributed by atoms with van der Waals surface area (Å²) in [5.41, 5.74) is 13.5. The molecule has 0 aliphatic carbocycles. The van der Waals surface area contributed by atoms with Crippen molar-refractivity contribution < 1.29 is 4.79 Å². The molecule has 0 bridgehead atoms. The smallest absolute Gasteiger partial charge is 0.248 e. The van der Waals surface area contributed by atoms with Gasteiger partial charge in [-0.2, -0.15) is 0 Å². The van der Waals surface area contributed by atoms with Gasteiger partial charge in [0.15, 0.2) is 0 Å². The number of nitrogens with zero attached hydrogens (tertiary/aromatic N) is 2. The van der Waals surface area contributed by atoms with E-state index in [9.17, 15) is 4.79 Å². The normalized spacial score (nSPS) is 17.3. The predicted octanol–water partition coefficient (Wildman–Crippen LogP) is 1.14. The van der Waals surface area contributed by atoms with Crippen LogP contribution in [0.1, 0.15) is 29.8 Å². The number of hydrogen-bond acceptors (Lipinski definition) is 4. The van der Waals surface area contributed by atoms with E-state index in [0.29, 0.717) is 17.2 Å². The number of carbonyl (C=O) groups excluding carboxylic acids is 1. The molecule has 0 radical (unpaired) electrons. The van der Waals surface area contributed by atoms with E-state index < -0.39 is 5.91 Å². The first-order chi connectivity index (χ1) is 9.95. The molecule has 4 N–H and O–H groups in total. The van der Waals surface area contributed by atoms with Crippen molar-refractivity contribution in [3.63, 3.8) is 0 Å². The topological polar surface area (TPSA) is 75.6 Å². The summed E-state index contributed by atoms with van der Waals surface area (Å²) in [6.07, 6.45) is 0. The SMILES string of the molecule is CC(C)CN1CCN(Cc2ccc(C(N)=O)cc2N)CC1. The van der Waals surface area contributed by atoms with Gasteiger partial charge in [0.25, 0.3) is 0 Å².